The van der Waals surface area contributed by atoms with E-state index in [-0.39, 0.29) is 0 Å². The Morgan fingerprint density at radius 1 is 0.727 bits per heavy atom. The number of nitrogens with zero attached hydrogens (tertiary/aromatic N) is 1. The van der Waals surface area contributed by atoms with Gasteiger partial charge in [-0.25, -0.2) is 0 Å². The smallest absolute Gasteiger partial charge is 0.222 e. The van der Waals surface area contributed by atoms with Crippen molar-refractivity contribution in [2.24, 2.45) is 0 Å². The van der Waals surface area contributed by atoms with Crippen LogP contribution in [-0.4, -0.2) is 37.1 Å². The second kappa shape index (κ2) is 16.8. The zero-order valence-corrected chi connectivity index (χ0v) is 15.4. The molecule has 0 N–H and O–H groups in total. The van der Waals surface area contributed by atoms with Gasteiger partial charge in [-0.05, 0) is 25.7 Å². The Morgan fingerprint density at radius 2 is 1.23 bits per heavy atom. The number of amides is 1. The predicted octanol–water partition coefficient (Wildman–Crippen LogP) is 5.18. The van der Waals surface area contributed by atoms with Crippen molar-refractivity contribution in [3.63, 3.8) is 0 Å². The Balaban J connectivity index is 3.83. The molecule has 0 aliphatic carbocycles. The van der Waals surface area contributed by atoms with Crippen molar-refractivity contribution < 1.29 is 9.53 Å². The molecule has 0 saturated carbocycles. The molecule has 0 aliphatic rings. The third-order valence-corrected chi connectivity index (χ3v) is 3.99. The Morgan fingerprint density at radius 3 is 1.77 bits per heavy atom. The summed E-state index contributed by atoms with van der Waals surface area (Å²) >= 11 is 0. The van der Waals surface area contributed by atoms with Crippen LogP contribution in [0.1, 0.15) is 91.4 Å². The fourth-order valence-electron chi connectivity index (χ4n) is 2.51. The summed E-state index contributed by atoms with van der Waals surface area (Å²) in [4.78, 5) is 14.4. The number of hydrogen-bond acceptors (Lipinski definition) is 2. The van der Waals surface area contributed by atoms with E-state index in [1.54, 1.807) is 0 Å². The monoisotopic (exact) mass is 313 g/mol. The Hall–Kier alpha value is -0.570. The van der Waals surface area contributed by atoms with E-state index < -0.39 is 0 Å². The SMILES string of the molecule is CCCCCOCCCC(=O)N(CCCCC)CCCCC. The van der Waals surface area contributed by atoms with Gasteiger partial charge in [-0.1, -0.05) is 59.3 Å². The molecule has 0 fully saturated rings. The molecule has 0 radical (unpaired) electrons. The summed E-state index contributed by atoms with van der Waals surface area (Å²) in [5.41, 5.74) is 0. The molecule has 132 valence electrons. The Labute approximate surface area is 138 Å². The molecule has 0 aromatic rings. The van der Waals surface area contributed by atoms with Gasteiger partial charge in [0.15, 0.2) is 0 Å². The van der Waals surface area contributed by atoms with Crippen LogP contribution >= 0.6 is 0 Å². The number of carbonyl (C=O) groups excluding carboxylic acids is 1. The molecule has 3 heteroatoms. The maximum Gasteiger partial charge on any atom is 0.222 e. The van der Waals surface area contributed by atoms with E-state index in [1.165, 1.54) is 38.5 Å². The number of unbranched alkanes of at least 4 members (excludes halogenated alkanes) is 6. The van der Waals surface area contributed by atoms with Crippen LogP contribution < -0.4 is 0 Å². The van der Waals surface area contributed by atoms with Crippen LogP contribution in [0.5, 0.6) is 0 Å². The molecule has 1 amide bonds. The van der Waals surface area contributed by atoms with Crippen molar-refractivity contribution in [3.05, 3.63) is 0 Å². The van der Waals surface area contributed by atoms with E-state index in [4.69, 9.17) is 4.74 Å². The number of rotatable bonds is 16. The molecular formula is C19H39NO2. The van der Waals surface area contributed by atoms with E-state index in [0.717, 1.165) is 52.0 Å². The number of carbonyl (C=O) groups is 1. The lowest BCUT2D eigenvalue weighted by atomic mass is 10.2. The van der Waals surface area contributed by atoms with Crippen molar-refractivity contribution in [3.8, 4) is 0 Å². The van der Waals surface area contributed by atoms with E-state index in [9.17, 15) is 4.79 Å². The van der Waals surface area contributed by atoms with Crippen LogP contribution in [0.15, 0.2) is 0 Å². The molecule has 0 saturated heterocycles. The first kappa shape index (κ1) is 21.4. The van der Waals surface area contributed by atoms with E-state index >= 15 is 0 Å². The summed E-state index contributed by atoms with van der Waals surface area (Å²) in [6.45, 7) is 10.1. The average molecular weight is 314 g/mol. The minimum atomic E-state index is 0.323. The molecular weight excluding hydrogens is 274 g/mol. The zero-order valence-electron chi connectivity index (χ0n) is 15.4. The standard InChI is InChI=1S/C19H39NO2/c1-4-7-10-15-20(16-11-8-5-2)19(21)14-13-18-22-17-12-9-6-3/h4-18H2,1-3H3. The van der Waals surface area contributed by atoms with Crippen LogP contribution in [0.25, 0.3) is 0 Å². The minimum absolute atomic E-state index is 0.323. The highest BCUT2D eigenvalue weighted by Gasteiger charge is 2.12. The maximum atomic E-state index is 12.3. The summed E-state index contributed by atoms with van der Waals surface area (Å²) in [5, 5.41) is 0. The van der Waals surface area contributed by atoms with Gasteiger partial charge in [-0.2, -0.15) is 0 Å². The molecule has 0 bridgehead atoms. The Kier molecular flexibility index (Phi) is 16.4. The topological polar surface area (TPSA) is 29.5 Å². The average Bonchev–Trinajstić information content (AvgIpc) is 2.52. The third kappa shape index (κ3) is 13.1. The van der Waals surface area contributed by atoms with Crippen molar-refractivity contribution in [1.82, 2.24) is 4.90 Å². The van der Waals surface area contributed by atoms with Gasteiger partial charge < -0.3 is 9.64 Å². The number of hydrogen-bond donors (Lipinski definition) is 0. The van der Waals surface area contributed by atoms with Crippen molar-refractivity contribution in [1.29, 1.82) is 0 Å². The number of ether oxygens (including phenoxy) is 1. The lowest BCUT2D eigenvalue weighted by molar-refractivity contribution is -0.131. The Bertz CT molecular complexity index is 234. The van der Waals surface area contributed by atoms with Crippen LogP contribution in [0.4, 0.5) is 0 Å². The molecule has 22 heavy (non-hydrogen) atoms. The van der Waals surface area contributed by atoms with Gasteiger partial charge in [0.25, 0.3) is 0 Å². The van der Waals surface area contributed by atoms with Gasteiger partial charge in [0.1, 0.15) is 0 Å². The molecule has 3 nitrogen and oxygen atoms in total. The van der Waals surface area contributed by atoms with Crippen LogP contribution in [0.3, 0.4) is 0 Å². The highest BCUT2D eigenvalue weighted by Crippen LogP contribution is 2.06. The molecule has 0 spiro atoms. The molecule has 0 heterocycles. The normalized spacial score (nSPS) is 10.9. The van der Waals surface area contributed by atoms with Crippen LogP contribution in [0.2, 0.25) is 0 Å². The minimum Gasteiger partial charge on any atom is -0.381 e. The van der Waals surface area contributed by atoms with E-state index in [2.05, 4.69) is 25.7 Å². The molecule has 0 aliphatic heterocycles. The molecule has 0 atom stereocenters. The quantitative estimate of drug-likeness (QED) is 0.367. The first-order valence-electron chi connectivity index (χ1n) is 9.61. The van der Waals surface area contributed by atoms with Crippen LogP contribution in [-0.2, 0) is 9.53 Å². The highest BCUT2D eigenvalue weighted by molar-refractivity contribution is 5.76. The first-order chi connectivity index (χ1) is 10.8. The van der Waals surface area contributed by atoms with Gasteiger partial charge in [-0.3, -0.25) is 4.79 Å². The molecule has 0 aromatic heterocycles. The van der Waals surface area contributed by atoms with Gasteiger partial charge >= 0.3 is 0 Å². The zero-order chi connectivity index (χ0) is 16.5. The highest BCUT2D eigenvalue weighted by atomic mass is 16.5. The third-order valence-electron chi connectivity index (χ3n) is 3.99. The van der Waals surface area contributed by atoms with Crippen molar-refractivity contribution in [2.75, 3.05) is 26.3 Å². The summed E-state index contributed by atoms with van der Waals surface area (Å²) < 4.78 is 5.59. The first-order valence-corrected chi connectivity index (χ1v) is 9.61. The van der Waals surface area contributed by atoms with Gasteiger partial charge in [0.05, 0.1) is 0 Å². The van der Waals surface area contributed by atoms with Crippen molar-refractivity contribution in [2.45, 2.75) is 91.4 Å². The second-order valence-electron chi connectivity index (χ2n) is 6.22. The van der Waals surface area contributed by atoms with Gasteiger partial charge in [0.2, 0.25) is 5.91 Å². The predicted molar refractivity (Wildman–Crippen MR) is 95.2 cm³/mol. The largest absolute Gasteiger partial charge is 0.381 e. The van der Waals surface area contributed by atoms with Gasteiger partial charge in [-0.15, -0.1) is 0 Å². The van der Waals surface area contributed by atoms with E-state index in [1.807, 2.05) is 0 Å². The molecule has 0 rings (SSSR count). The maximum absolute atomic E-state index is 12.3. The second-order valence-corrected chi connectivity index (χ2v) is 6.22. The fourth-order valence-corrected chi connectivity index (χ4v) is 2.51. The molecule has 0 aromatic carbocycles. The lowest BCUT2D eigenvalue weighted by Gasteiger charge is -2.23. The molecule has 0 unspecified atom stereocenters. The summed E-state index contributed by atoms with van der Waals surface area (Å²) in [6.07, 6.45) is 12.3. The lowest BCUT2D eigenvalue weighted by Crippen LogP contribution is -2.33. The van der Waals surface area contributed by atoms with E-state index in [0.29, 0.717) is 12.3 Å². The fraction of sp³-hybridized carbons (Fsp3) is 0.947. The summed E-state index contributed by atoms with van der Waals surface area (Å²) in [6, 6.07) is 0. The van der Waals surface area contributed by atoms with Gasteiger partial charge in [0, 0.05) is 32.7 Å². The summed E-state index contributed by atoms with van der Waals surface area (Å²) in [7, 11) is 0. The summed E-state index contributed by atoms with van der Waals surface area (Å²) in [5.74, 6) is 0.323. The van der Waals surface area contributed by atoms with Crippen LogP contribution in [0, 0.1) is 0 Å². The van der Waals surface area contributed by atoms with Crippen molar-refractivity contribution >= 4 is 5.91 Å².